The van der Waals surface area contributed by atoms with Gasteiger partial charge in [-0.05, 0) is 23.4 Å². The molecule has 2 aromatic rings. The molecular formula is C12H12N4O4S. The van der Waals surface area contributed by atoms with E-state index in [2.05, 4.69) is 20.0 Å². The SMILES string of the molecule is O=C(O)C1c2ccsc2CCN1C(=O)NCc1ncon1. The highest BCUT2D eigenvalue weighted by atomic mass is 32.1. The van der Waals surface area contributed by atoms with Gasteiger partial charge < -0.3 is 19.8 Å². The third-order valence-corrected chi connectivity index (χ3v) is 4.26. The lowest BCUT2D eigenvalue weighted by Crippen LogP contribution is -2.47. The zero-order valence-corrected chi connectivity index (χ0v) is 11.7. The minimum Gasteiger partial charge on any atom is -0.479 e. The van der Waals surface area contributed by atoms with Crippen molar-refractivity contribution in [3.05, 3.63) is 34.1 Å². The fourth-order valence-electron chi connectivity index (χ4n) is 2.33. The number of nitrogens with one attached hydrogen (secondary N) is 1. The molecule has 1 atom stereocenters. The number of urea groups is 1. The van der Waals surface area contributed by atoms with Crippen LogP contribution in [-0.4, -0.2) is 38.7 Å². The first-order valence-electron chi connectivity index (χ1n) is 6.25. The summed E-state index contributed by atoms with van der Waals surface area (Å²) in [4.78, 5) is 29.8. The smallest absolute Gasteiger partial charge is 0.331 e. The van der Waals surface area contributed by atoms with Crippen LogP contribution in [0.15, 0.2) is 22.4 Å². The quantitative estimate of drug-likeness (QED) is 0.876. The monoisotopic (exact) mass is 308 g/mol. The maximum atomic E-state index is 12.2. The molecule has 3 heterocycles. The van der Waals surface area contributed by atoms with E-state index in [0.29, 0.717) is 24.4 Å². The second-order valence-electron chi connectivity index (χ2n) is 4.49. The number of thiophene rings is 1. The number of fused-ring (bicyclic) bond motifs is 1. The van der Waals surface area contributed by atoms with Crippen LogP contribution in [0.3, 0.4) is 0 Å². The van der Waals surface area contributed by atoms with E-state index >= 15 is 0 Å². The third kappa shape index (κ3) is 2.59. The normalized spacial score (nSPS) is 17.3. The Hall–Kier alpha value is -2.42. The minimum atomic E-state index is -1.04. The van der Waals surface area contributed by atoms with E-state index < -0.39 is 18.0 Å². The van der Waals surface area contributed by atoms with Crippen LogP contribution in [0.25, 0.3) is 0 Å². The van der Waals surface area contributed by atoms with E-state index in [1.54, 1.807) is 6.07 Å². The lowest BCUT2D eigenvalue weighted by Gasteiger charge is -2.33. The van der Waals surface area contributed by atoms with Crippen molar-refractivity contribution in [2.75, 3.05) is 6.54 Å². The number of rotatable bonds is 3. The summed E-state index contributed by atoms with van der Waals surface area (Å²) in [5, 5.41) is 17.5. The Morgan fingerprint density at radius 1 is 1.57 bits per heavy atom. The van der Waals surface area contributed by atoms with E-state index in [4.69, 9.17) is 0 Å². The van der Waals surface area contributed by atoms with Crippen molar-refractivity contribution >= 4 is 23.3 Å². The van der Waals surface area contributed by atoms with Crippen LogP contribution in [0.4, 0.5) is 4.79 Å². The van der Waals surface area contributed by atoms with Crippen molar-refractivity contribution in [2.24, 2.45) is 0 Å². The topological polar surface area (TPSA) is 109 Å². The Bertz CT molecular complexity index is 654. The molecule has 3 rings (SSSR count). The molecule has 110 valence electrons. The van der Waals surface area contributed by atoms with Gasteiger partial charge in [0.25, 0.3) is 0 Å². The zero-order chi connectivity index (χ0) is 14.8. The molecule has 2 amide bonds. The average molecular weight is 308 g/mol. The van der Waals surface area contributed by atoms with E-state index in [0.717, 1.165) is 4.88 Å². The van der Waals surface area contributed by atoms with Crippen LogP contribution in [0.1, 0.15) is 22.3 Å². The molecule has 9 heteroatoms. The van der Waals surface area contributed by atoms with Crippen LogP contribution in [0.5, 0.6) is 0 Å². The van der Waals surface area contributed by atoms with E-state index in [1.165, 1.54) is 22.6 Å². The molecule has 0 aromatic carbocycles. The van der Waals surface area contributed by atoms with Gasteiger partial charge in [0.1, 0.15) is 0 Å². The molecule has 0 radical (unpaired) electrons. The second-order valence-corrected chi connectivity index (χ2v) is 5.49. The largest absolute Gasteiger partial charge is 0.479 e. The summed E-state index contributed by atoms with van der Waals surface area (Å²) in [7, 11) is 0. The molecule has 0 spiro atoms. The fraction of sp³-hybridized carbons (Fsp3) is 0.333. The summed E-state index contributed by atoms with van der Waals surface area (Å²) < 4.78 is 4.57. The zero-order valence-electron chi connectivity index (χ0n) is 10.9. The lowest BCUT2D eigenvalue weighted by atomic mass is 10.0. The van der Waals surface area contributed by atoms with Crippen LogP contribution in [-0.2, 0) is 17.8 Å². The molecule has 21 heavy (non-hydrogen) atoms. The molecule has 0 saturated heterocycles. The second kappa shape index (κ2) is 5.52. The summed E-state index contributed by atoms with van der Waals surface area (Å²) in [5.41, 5.74) is 0.688. The number of carbonyl (C=O) groups excluding carboxylic acids is 1. The predicted molar refractivity (Wildman–Crippen MR) is 71.6 cm³/mol. The molecule has 2 aromatic heterocycles. The number of carboxylic acid groups (broad SMARTS) is 1. The maximum Gasteiger partial charge on any atom is 0.331 e. The molecule has 1 aliphatic rings. The Morgan fingerprint density at radius 3 is 3.14 bits per heavy atom. The van der Waals surface area contributed by atoms with E-state index in [9.17, 15) is 14.7 Å². The molecule has 0 saturated carbocycles. The Kier molecular flexibility index (Phi) is 3.57. The van der Waals surface area contributed by atoms with Gasteiger partial charge in [0.05, 0.1) is 6.54 Å². The standard InChI is InChI=1S/C12H12N4O4S/c17-11(18)10-7-2-4-21-8(7)1-3-16(10)12(19)13-5-9-14-6-20-15-9/h2,4,6,10H,1,3,5H2,(H,13,19)(H,17,18). The lowest BCUT2D eigenvalue weighted by molar-refractivity contribution is -0.142. The molecule has 1 unspecified atom stereocenters. The van der Waals surface area contributed by atoms with Crippen LogP contribution >= 0.6 is 11.3 Å². The number of nitrogens with zero attached hydrogens (tertiary/aromatic N) is 3. The van der Waals surface area contributed by atoms with Gasteiger partial charge >= 0.3 is 12.0 Å². The highest BCUT2D eigenvalue weighted by Crippen LogP contribution is 2.33. The number of aliphatic carboxylic acids is 1. The number of hydrogen-bond acceptors (Lipinski definition) is 6. The van der Waals surface area contributed by atoms with Gasteiger partial charge in [0.2, 0.25) is 6.39 Å². The fourth-order valence-corrected chi connectivity index (χ4v) is 3.23. The van der Waals surface area contributed by atoms with Gasteiger partial charge in [0, 0.05) is 11.4 Å². The first-order chi connectivity index (χ1) is 10.2. The van der Waals surface area contributed by atoms with Crippen molar-refractivity contribution in [3.63, 3.8) is 0 Å². The Morgan fingerprint density at radius 2 is 2.43 bits per heavy atom. The number of carboxylic acids is 1. The van der Waals surface area contributed by atoms with Crippen LogP contribution in [0, 0.1) is 0 Å². The van der Waals surface area contributed by atoms with Crippen LogP contribution in [0.2, 0.25) is 0 Å². The van der Waals surface area contributed by atoms with Gasteiger partial charge in [0.15, 0.2) is 11.9 Å². The number of carbonyl (C=O) groups is 2. The Labute approximate surface area is 123 Å². The molecule has 0 aliphatic carbocycles. The highest BCUT2D eigenvalue weighted by Gasteiger charge is 2.36. The van der Waals surface area contributed by atoms with Gasteiger partial charge in [-0.2, -0.15) is 4.98 Å². The first kappa shape index (κ1) is 13.6. The van der Waals surface area contributed by atoms with E-state index in [1.807, 2.05) is 5.38 Å². The predicted octanol–water partition coefficient (Wildman–Crippen LogP) is 1.02. The molecule has 0 bridgehead atoms. The summed E-state index contributed by atoms with van der Waals surface area (Å²) >= 11 is 1.52. The molecular weight excluding hydrogens is 296 g/mol. The van der Waals surface area contributed by atoms with E-state index in [-0.39, 0.29) is 6.54 Å². The molecule has 1 aliphatic heterocycles. The maximum absolute atomic E-state index is 12.2. The van der Waals surface area contributed by atoms with Gasteiger partial charge in [-0.15, -0.1) is 11.3 Å². The average Bonchev–Trinajstić information content (AvgIpc) is 3.14. The van der Waals surface area contributed by atoms with Crippen molar-refractivity contribution < 1.29 is 19.2 Å². The van der Waals surface area contributed by atoms with Crippen molar-refractivity contribution in [1.82, 2.24) is 20.4 Å². The number of hydrogen-bond donors (Lipinski definition) is 2. The molecule has 2 N–H and O–H groups in total. The third-order valence-electron chi connectivity index (χ3n) is 3.27. The van der Waals surface area contributed by atoms with Crippen molar-refractivity contribution in [3.8, 4) is 0 Å². The number of aromatic nitrogens is 2. The summed E-state index contributed by atoms with van der Waals surface area (Å²) in [6, 6.07) is 0.353. The highest BCUT2D eigenvalue weighted by molar-refractivity contribution is 7.10. The summed E-state index contributed by atoms with van der Waals surface area (Å²) in [5.74, 6) is -0.701. The summed E-state index contributed by atoms with van der Waals surface area (Å²) in [6.07, 6.45) is 1.83. The van der Waals surface area contributed by atoms with Gasteiger partial charge in [-0.3, -0.25) is 0 Å². The van der Waals surface area contributed by atoms with Crippen molar-refractivity contribution in [2.45, 2.75) is 19.0 Å². The van der Waals surface area contributed by atoms with Crippen LogP contribution < -0.4 is 5.32 Å². The first-order valence-corrected chi connectivity index (χ1v) is 7.13. The molecule has 0 fully saturated rings. The summed E-state index contributed by atoms with van der Waals surface area (Å²) in [6.45, 7) is 0.456. The molecule has 8 nitrogen and oxygen atoms in total. The Balaban J connectivity index is 1.74. The van der Waals surface area contributed by atoms with Gasteiger partial charge in [-0.25, -0.2) is 9.59 Å². The van der Waals surface area contributed by atoms with Gasteiger partial charge in [-0.1, -0.05) is 5.16 Å². The minimum absolute atomic E-state index is 0.0919. The van der Waals surface area contributed by atoms with Crippen molar-refractivity contribution in [1.29, 1.82) is 0 Å². The number of amides is 2.